The summed E-state index contributed by atoms with van der Waals surface area (Å²) >= 11 is 5.89. The van der Waals surface area contributed by atoms with Crippen LogP contribution in [-0.4, -0.2) is 11.9 Å². The van der Waals surface area contributed by atoms with Crippen LogP contribution in [0.2, 0.25) is 5.02 Å². The minimum Gasteiger partial charge on any atom is -0.386 e. The van der Waals surface area contributed by atoms with E-state index in [0.717, 1.165) is 5.39 Å². The molecule has 1 aliphatic rings. The van der Waals surface area contributed by atoms with Crippen molar-refractivity contribution in [3.8, 4) is 0 Å². The number of hydrogen-bond donors (Lipinski definition) is 0. The minimum atomic E-state index is -0.642. The summed E-state index contributed by atoms with van der Waals surface area (Å²) in [6.07, 6.45) is 0. The molecule has 1 aliphatic heterocycles. The van der Waals surface area contributed by atoms with Crippen molar-refractivity contribution in [2.45, 2.75) is 0 Å². The van der Waals surface area contributed by atoms with Crippen molar-refractivity contribution in [1.82, 2.24) is 0 Å². The Bertz CT molecular complexity index is 646. The highest BCUT2D eigenvalue weighted by atomic mass is 35.5. The van der Waals surface area contributed by atoms with E-state index in [1.165, 1.54) is 6.07 Å². The van der Waals surface area contributed by atoms with Gasteiger partial charge in [0.2, 0.25) is 0 Å². The first-order chi connectivity index (χ1) is 7.66. The van der Waals surface area contributed by atoms with Gasteiger partial charge in [-0.1, -0.05) is 23.7 Å². The first-order valence-corrected chi connectivity index (χ1v) is 5.03. The van der Waals surface area contributed by atoms with Gasteiger partial charge >= 0.3 is 11.9 Å². The Balaban J connectivity index is 2.55. The van der Waals surface area contributed by atoms with Gasteiger partial charge in [0, 0.05) is 10.4 Å². The Morgan fingerprint density at radius 1 is 1.00 bits per heavy atom. The molecule has 0 aromatic heterocycles. The van der Waals surface area contributed by atoms with Gasteiger partial charge in [0.05, 0.1) is 11.1 Å². The zero-order valence-corrected chi connectivity index (χ0v) is 8.75. The first kappa shape index (κ1) is 9.36. The molecule has 78 valence electrons. The molecule has 2 aromatic carbocycles. The quantitative estimate of drug-likeness (QED) is 0.518. The van der Waals surface area contributed by atoms with Crippen LogP contribution in [0.5, 0.6) is 0 Å². The third-order valence-corrected chi connectivity index (χ3v) is 2.79. The van der Waals surface area contributed by atoms with Gasteiger partial charge in [-0.2, -0.15) is 0 Å². The third kappa shape index (κ3) is 1.15. The molecule has 0 aliphatic carbocycles. The maximum absolute atomic E-state index is 11.5. The minimum absolute atomic E-state index is 0.345. The van der Waals surface area contributed by atoms with E-state index in [4.69, 9.17) is 11.6 Å². The second kappa shape index (κ2) is 3.06. The zero-order valence-electron chi connectivity index (χ0n) is 7.99. The summed E-state index contributed by atoms with van der Waals surface area (Å²) in [6, 6.07) is 8.40. The van der Waals surface area contributed by atoms with Gasteiger partial charge in [-0.25, -0.2) is 9.59 Å². The molecule has 0 N–H and O–H groups in total. The van der Waals surface area contributed by atoms with Crippen molar-refractivity contribution in [1.29, 1.82) is 0 Å². The van der Waals surface area contributed by atoms with Crippen LogP contribution in [0.15, 0.2) is 30.3 Å². The molecule has 4 heteroatoms. The Morgan fingerprint density at radius 2 is 1.75 bits per heavy atom. The molecule has 1 heterocycles. The Hall–Kier alpha value is -1.87. The van der Waals surface area contributed by atoms with E-state index in [1.54, 1.807) is 24.3 Å². The SMILES string of the molecule is O=C1OC(=O)c2cc(Cl)cc3cccc1c23. The van der Waals surface area contributed by atoms with Gasteiger partial charge < -0.3 is 4.74 Å². The van der Waals surface area contributed by atoms with Crippen LogP contribution in [0.4, 0.5) is 0 Å². The molecule has 3 nitrogen and oxygen atoms in total. The lowest BCUT2D eigenvalue weighted by molar-refractivity contribution is 0.0391. The van der Waals surface area contributed by atoms with E-state index >= 15 is 0 Å². The number of ether oxygens (including phenoxy) is 1. The standard InChI is InChI=1S/C12H5ClO3/c13-7-4-6-2-1-3-8-10(6)9(5-7)12(15)16-11(8)14/h1-5H. The number of esters is 2. The van der Waals surface area contributed by atoms with Gasteiger partial charge in [-0.05, 0) is 23.6 Å². The van der Waals surface area contributed by atoms with Gasteiger partial charge in [-0.15, -0.1) is 0 Å². The summed E-state index contributed by atoms with van der Waals surface area (Å²) in [7, 11) is 0. The highest BCUT2D eigenvalue weighted by molar-refractivity contribution is 6.33. The third-order valence-electron chi connectivity index (χ3n) is 2.57. The topological polar surface area (TPSA) is 43.4 Å². The first-order valence-electron chi connectivity index (χ1n) is 4.65. The summed E-state index contributed by atoms with van der Waals surface area (Å²) in [6.45, 7) is 0. The number of hydrogen-bond acceptors (Lipinski definition) is 3. The normalized spacial score (nSPS) is 14.1. The molecule has 0 amide bonds. The Kier molecular flexibility index (Phi) is 1.79. The van der Waals surface area contributed by atoms with Crippen LogP contribution in [0.1, 0.15) is 20.7 Å². The summed E-state index contributed by atoms with van der Waals surface area (Å²) in [5.74, 6) is -1.25. The van der Waals surface area contributed by atoms with Crippen molar-refractivity contribution in [3.63, 3.8) is 0 Å². The maximum Gasteiger partial charge on any atom is 0.346 e. The monoisotopic (exact) mass is 232 g/mol. The highest BCUT2D eigenvalue weighted by Gasteiger charge is 2.27. The number of rotatable bonds is 0. The molecular weight excluding hydrogens is 228 g/mol. The molecule has 0 unspecified atom stereocenters. The number of halogens is 1. The number of carbonyl (C=O) groups is 2. The number of cyclic esters (lactones) is 2. The fraction of sp³-hybridized carbons (Fsp3) is 0. The Labute approximate surface area is 95.6 Å². The maximum atomic E-state index is 11.5. The average molecular weight is 233 g/mol. The molecule has 0 spiro atoms. The second-order valence-corrected chi connectivity index (χ2v) is 3.97. The van der Waals surface area contributed by atoms with Crippen molar-refractivity contribution in [2.75, 3.05) is 0 Å². The molecule has 0 fully saturated rings. The molecular formula is C12H5ClO3. The summed E-state index contributed by atoms with van der Waals surface area (Å²) in [5, 5.41) is 1.84. The van der Waals surface area contributed by atoms with Gasteiger partial charge in [-0.3, -0.25) is 0 Å². The average Bonchev–Trinajstić information content (AvgIpc) is 2.25. The molecule has 3 rings (SSSR count). The zero-order chi connectivity index (χ0) is 11.3. The molecule has 2 aromatic rings. The number of carbonyl (C=O) groups excluding carboxylic acids is 2. The van der Waals surface area contributed by atoms with Crippen molar-refractivity contribution in [2.24, 2.45) is 0 Å². The van der Waals surface area contributed by atoms with Crippen molar-refractivity contribution in [3.05, 3.63) is 46.5 Å². The highest BCUT2D eigenvalue weighted by Crippen LogP contribution is 2.31. The molecule has 0 radical (unpaired) electrons. The number of benzene rings is 2. The van der Waals surface area contributed by atoms with E-state index in [9.17, 15) is 9.59 Å². The Morgan fingerprint density at radius 3 is 2.56 bits per heavy atom. The van der Waals surface area contributed by atoms with Crippen LogP contribution in [0, 0.1) is 0 Å². The van der Waals surface area contributed by atoms with E-state index < -0.39 is 11.9 Å². The van der Waals surface area contributed by atoms with Crippen molar-refractivity contribution >= 4 is 34.3 Å². The van der Waals surface area contributed by atoms with Crippen LogP contribution in [0.25, 0.3) is 10.8 Å². The van der Waals surface area contributed by atoms with E-state index in [1.807, 2.05) is 0 Å². The van der Waals surface area contributed by atoms with Crippen LogP contribution in [0.3, 0.4) is 0 Å². The summed E-state index contributed by atoms with van der Waals surface area (Å²) in [5.41, 5.74) is 0.751. The van der Waals surface area contributed by atoms with Crippen LogP contribution in [-0.2, 0) is 4.74 Å². The second-order valence-electron chi connectivity index (χ2n) is 3.53. The van der Waals surface area contributed by atoms with E-state index in [-0.39, 0.29) is 0 Å². The predicted octanol–water partition coefficient (Wildman–Crippen LogP) is 2.80. The van der Waals surface area contributed by atoms with E-state index in [2.05, 4.69) is 4.74 Å². The predicted molar refractivity (Wildman–Crippen MR) is 58.7 cm³/mol. The largest absolute Gasteiger partial charge is 0.386 e. The summed E-state index contributed by atoms with van der Waals surface area (Å²) in [4.78, 5) is 23.0. The fourth-order valence-corrected chi connectivity index (χ4v) is 2.14. The van der Waals surface area contributed by atoms with E-state index in [0.29, 0.717) is 21.5 Å². The molecule has 0 saturated carbocycles. The van der Waals surface area contributed by atoms with Gasteiger partial charge in [0.25, 0.3) is 0 Å². The van der Waals surface area contributed by atoms with Crippen LogP contribution < -0.4 is 0 Å². The summed E-state index contributed by atoms with van der Waals surface area (Å²) < 4.78 is 4.62. The molecule has 16 heavy (non-hydrogen) atoms. The van der Waals surface area contributed by atoms with Gasteiger partial charge in [0.15, 0.2) is 0 Å². The smallest absolute Gasteiger partial charge is 0.346 e. The fourth-order valence-electron chi connectivity index (χ4n) is 1.92. The lowest BCUT2D eigenvalue weighted by atomic mass is 9.97. The lowest BCUT2D eigenvalue weighted by Crippen LogP contribution is -2.19. The molecule has 0 bridgehead atoms. The molecule has 0 atom stereocenters. The van der Waals surface area contributed by atoms with Crippen molar-refractivity contribution < 1.29 is 14.3 Å². The van der Waals surface area contributed by atoms with Gasteiger partial charge in [0.1, 0.15) is 0 Å². The lowest BCUT2D eigenvalue weighted by Gasteiger charge is -2.15. The molecule has 0 saturated heterocycles. The van der Waals surface area contributed by atoms with Crippen LogP contribution >= 0.6 is 11.6 Å².